The normalized spacial score (nSPS) is 13.1. The van der Waals surface area contributed by atoms with Gasteiger partial charge in [0.05, 0.1) is 0 Å². The van der Waals surface area contributed by atoms with Gasteiger partial charge in [-0.2, -0.15) is 0 Å². The molecule has 96 heavy (non-hydrogen) atoms. The Morgan fingerprint density at radius 1 is 0.188 bits per heavy atom. The van der Waals surface area contributed by atoms with Gasteiger partial charge in [-0.15, -0.1) is 0 Å². The van der Waals surface area contributed by atoms with Gasteiger partial charge in [0.15, 0.2) is 0 Å². The summed E-state index contributed by atoms with van der Waals surface area (Å²) < 4.78 is 0. The molecule has 0 aliphatic heterocycles. The van der Waals surface area contributed by atoms with Gasteiger partial charge in [-0.05, 0) is 195 Å². The van der Waals surface area contributed by atoms with Crippen LogP contribution in [0.4, 0.5) is 34.1 Å². The van der Waals surface area contributed by atoms with Crippen LogP contribution in [0.5, 0.6) is 0 Å². The smallest absolute Gasteiger partial charge is 0.0467 e. The molecule has 2 nitrogen and oxygen atoms in total. The van der Waals surface area contributed by atoms with Crippen molar-refractivity contribution in [3.63, 3.8) is 0 Å². The molecule has 16 rings (SSSR count). The first-order valence-electron chi connectivity index (χ1n) is 33.4. The predicted octanol–water partition coefficient (Wildman–Crippen LogP) is 25.9. The van der Waals surface area contributed by atoms with Crippen molar-refractivity contribution in [1.29, 1.82) is 0 Å². The van der Waals surface area contributed by atoms with Crippen LogP contribution < -0.4 is 9.80 Å². The minimum absolute atomic E-state index is 0.223. The van der Waals surface area contributed by atoms with Crippen LogP contribution in [0.3, 0.4) is 0 Å². The second-order valence-corrected chi connectivity index (χ2v) is 26.6. The number of rotatable bonds is 15. The van der Waals surface area contributed by atoms with Gasteiger partial charge in [-0.25, -0.2) is 0 Å². The summed E-state index contributed by atoms with van der Waals surface area (Å²) >= 11 is 0. The summed E-state index contributed by atoms with van der Waals surface area (Å²) in [6, 6.07) is 124. The standard InChI is InChI=1S/C94H72N2/c1-93(2)89-57-67(45-53-85(89)87-55-51-83(63-91(87)93)95(79-33-17-29-75(59-79)69-21-9-5-10-22-69)80-34-18-30-76(60-80)70-23-11-6-12-24-70)39-37-65-41-47-73(48-42-65)74-49-43-66(44-50-74)38-40-68-46-54-86-88-56-52-84(64-92(88)94(3,4)90(86)58-68)96(81-35-19-31-77(61-81)71-25-13-7-14-26-71)82-36-20-32-78(62-82)72-27-15-8-16-28-72/h5-64H,1-4H3/b39-37+,40-38+. The Kier molecular flexibility index (Phi) is 15.4. The van der Waals surface area contributed by atoms with E-state index in [4.69, 9.17) is 0 Å². The van der Waals surface area contributed by atoms with E-state index in [0.717, 1.165) is 45.3 Å². The number of anilines is 6. The first kappa shape index (κ1) is 59.2. The van der Waals surface area contributed by atoms with Gasteiger partial charge in [-0.3, -0.25) is 0 Å². The molecule has 0 N–H and O–H groups in total. The van der Waals surface area contributed by atoms with Gasteiger partial charge in [0.1, 0.15) is 0 Å². The van der Waals surface area contributed by atoms with Crippen LogP contribution >= 0.6 is 0 Å². The molecule has 0 heterocycles. The second-order valence-electron chi connectivity index (χ2n) is 26.6. The molecule has 458 valence electrons. The van der Waals surface area contributed by atoms with E-state index in [0.29, 0.717) is 0 Å². The summed E-state index contributed by atoms with van der Waals surface area (Å²) in [6.07, 6.45) is 8.99. The third-order valence-corrected chi connectivity index (χ3v) is 19.8. The van der Waals surface area contributed by atoms with Crippen LogP contribution in [0.15, 0.2) is 340 Å². The van der Waals surface area contributed by atoms with Crippen molar-refractivity contribution in [3.05, 3.63) is 384 Å². The molecule has 0 fully saturated rings. The predicted molar refractivity (Wildman–Crippen MR) is 409 cm³/mol. The molecule has 0 aromatic heterocycles. The summed E-state index contributed by atoms with van der Waals surface area (Å²) in [5.74, 6) is 0. The van der Waals surface area contributed by atoms with Crippen molar-refractivity contribution in [2.24, 2.45) is 0 Å². The minimum atomic E-state index is -0.223. The third-order valence-electron chi connectivity index (χ3n) is 19.8. The number of nitrogens with zero attached hydrogens (tertiary/aromatic N) is 2. The van der Waals surface area contributed by atoms with Gasteiger partial charge >= 0.3 is 0 Å². The average Bonchev–Trinajstić information content (AvgIpc) is 1.57. The largest absolute Gasteiger partial charge is 0.310 e. The molecule has 0 spiro atoms. The van der Waals surface area contributed by atoms with E-state index in [9.17, 15) is 0 Å². The zero-order valence-corrected chi connectivity index (χ0v) is 54.5. The molecule has 0 atom stereocenters. The van der Waals surface area contributed by atoms with E-state index < -0.39 is 0 Å². The van der Waals surface area contributed by atoms with Crippen molar-refractivity contribution < 1.29 is 0 Å². The van der Waals surface area contributed by atoms with Crippen molar-refractivity contribution in [1.82, 2.24) is 0 Å². The summed E-state index contributed by atoms with van der Waals surface area (Å²) in [6.45, 7) is 9.52. The molecule has 0 bridgehead atoms. The summed E-state index contributed by atoms with van der Waals surface area (Å²) in [4.78, 5) is 4.84. The lowest BCUT2D eigenvalue weighted by Gasteiger charge is -2.29. The highest BCUT2D eigenvalue weighted by Gasteiger charge is 2.38. The number of hydrogen-bond donors (Lipinski definition) is 0. The molecular weight excluding hydrogens is 1160 g/mol. The molecule has 2 aliphatic rings. The summed E-state index contributed by atoms with van der Waals surface area (Å²) in [5, 5.41) is 0. The molecule has 2 aliphatic carbocycles. The number of benzene rings is 14. The van der Waals surface area contributed by atoms with Crippen LogP contribution in [0, 0.1) is 0 Å². The Morgan fingerprint density at radius 3 is 0.719 bits per heavy atom. The highest BCUT2D eigenvalue weighted by Crippen LogP contribution is 2.53. The first-order chi connectivity index (χ1) is 47.1. The van der Waals surface area contributed by atoms with Gasteiger partial charge < -0.3 is 9.80 Å². The second kappa shape index (κ2) is 24.9. The molecule has 0 saturated heterocycles. The van der Waals surface area contributed by atoms with E-state index in [1.807, 2.05) is 0 Å². The zero-order chi connectivity index (χ0) is 64.7. The number of hydrogen-bond acceptors (Lipinski definition) is 2. The van der Waals surface area contributed by atoms with E-state index in [2.05, 4.69) is 402 Å². The van der Waals surface area contributed by atoms with Crippen molar-refractivity contribution in [2.75, 3.05) is 9.80 Å². The Balaban J connectivity index is 0.609. The van der Waals surface area contributed by atoms with E-state index in [-0.39, 0.29) is 10.8 Å². The van der Waals surface area contributed by atoms with E-state index in [1.54, 1.807) is 0 Å². The highest BCUT2D eigenvalue weighted by atomic mass is 15.1. The summed E-state index contributed by atoms with van der Waals surface area (Å²) in [5.41, 5.74) is 33.4. The Morgan fingerprint density at radius 2 is 0.417 bits per heavy atom. The van der Waals surface area contributed by atoms with Gasteiger partial charge in [0.2, 0.25) is 0 Å². The van der Waals surface area contributed by atoms with E-state index in [1.165, 1.54) is 111 Å². The van der Waals surface area contributed by atoms with Gasteiger partial charge in [0, 0.05) is 45.0 Å². The monoisotopic (exact) mass is 1230 g/mol. The Hall–Kier alpha value is -11.8. The van der Waals surface area contributed by atoms with Crippen LogP contribution in [0.1, 0.15) is 72.2 Å². The van der Waals surface area contributed by atoms with Crippen molar-refractivity contribution in [2.45, 2.75) is 38.5 Å². The molecule has 0 saturated carbocycles. The lowest BCUT2D eigenvalue weighted by Crippen LogP contribution is -2.16. The Labute approximate surface area is 565 Å². The fourth-order valence-electron chi connectivity index (χ4n) is 14.6. The Bertz CT molecular complexity index is 4750. The molecule has 2 heteroatoms. The third kappa shape index (κ3) is 11.4. The van der Waals surface area contributed by atoms with Crippen LogP contribution in [-0.2, 0) is 10.8 Å². The maximum absolute atomic E-state index is 2.43. The SMILES string of the molecule is CC1(C)c2cc(/C=C/c3ccc(-c4ccc(/C=C/c5ccc6c(c5)C(C)(C)c5cc(N(c7cccc(-c8ccccc8)c7)c7cccc(-c8ccccc8)c7)ccc5-6)cc4)cc3)ccc2-c2ccc(N(c3cccc(-c4ccccc4)c3)c3cccc(-c4ccccc4)c3)cc21. The molecule has 0 unspecified atom stereocenters. The molecule has 14 aromatic rings. The van der Waals surface area contributed by atoms with Crippen LogP contribution in [0.2, 0.25) is 0 Å². The van der Waals surface area contributed by atoms with Crippen LogP contribution in [-0.4, -0.2) is 0 Å². The van der Waals surface area contributed by atoms with E-state index >= 15 is 0 Å². The lowest BCUT2D eigenvalue weighted by atomic mass is 9.81. The van der Waals surface area contributed by atoms with Crippen LogP contribution in [0.25, 0.3) is 102 Å². The first-order valence-corrected chi connectivity index (χ1v) is 33.4. The van der Waals surface area contributed by atoms with Crippen molar-refractivity contribution in [3.8, 4) is 77.9 Å². The average molecular weight is 1230 g/mol. The lowest BCUT2D eigenvalue weighted by molar-refractivity contribution is 0.660. The minimum Gasteiger partial charge on any atom is -0.310 e. The fourth-order valence-corrected chi connectivity index (χ4v) is 14.6. The maximum Gasteiger partial charge on any atom is 0.0467 e. The zero-order valence-electron chi connectivity index (χ0n) is 54.5. The fraction of sp³-hybridized carbons (Fsp3) is 0.0638. The van der Waals surface area contributed by atoms with Crippen molar-refractivity contribution >= 4 is 58.4 Å². The molecule has 0 amide bonds. The molecule has 0 radical (unpaired) electrons. The summed E-state index contributed by atoms with van der Waals surface area (Å²) in [7, 11) is 0. The molecule has 14 aromatic carbocycles. The highest BCUT2D eigenvalue weighted by molar-refractivity contribution is 5.91. The topological polar surface area (TPSA) is 6.48 Å². The maximum atomic E-state index is 2.43. The van der Waals surface area contributed by atoms with Gasteiger partial charge in [-0.1, -0.05) is 319 Å². The number of fused-ring (bicyclic) bond motifs is 6. The van der Waals surface area contributed by atoms with Gasteiger partial charge in [0.25, 0.3) is 0 Å². The molecular formula is C94H72N2. The quantitative estimate of drug-likeness (QED) is 0.0944.